The maximum atomic E-state index is 13.5. The second-order valence-corrected chi connectivity index (χ2v) is 8.42. The predicted molar refractivity (Wildman–Crippen MR) is 114 cm³/mol. The summed E-state index contributed by atoms with van der Waals surface area (Å²) in [5.41, 5.74) is 2.72. The summed E-state index contributed by atoms with van der Waals surface area (Å²) in [4.78, 5) is 35.8. The van der Waals surface area contributed by atoms with E-state index in [1.54, 1.807) is 24.7 Å². The number of rotatable bonds is 3. The van der Waals surface area contributed by atoms with Crippen LogP contribution in [0, 0.1) is 5.92 Å². The van der Waals surface area contributed by atoms with Crippen molar-refractivity contribution >= 4 is 17.7 Å². The number of ether oxygens (including phenoxy) is 1. The summed E-state index contributed by atoms with van der Waals surface area (Å²) in [6, 6.07) is 9.31. The van der Waals surface area contributed by atoms with Gasteiger partial charge in [-0.15, -0.1) is 0 Å². The van der Waals surface area contributed by atoms with Gasteiger partial charge in [-0.3, -0.25) is 4.79 Å². The summed E-state index contributed by atoms with van der Waals surface area (Å²) < 4.78 is 5.24. The van der Waals surface area contributed by atoms with E-state index in [0.717, 1.165) is 37.3 Å². The van der Waals surface area contributed by atoms with Crippen molar-refractivity contribution in [2.24, 2.45) is 5.92 Å². The van der Waals surface area contributed by atoms with Crippen LogP contribution in [-0.4, -0.2) is 62.4 Å². The molecule has 0 unspecified atom stereocenters. The number of esters is 1. The zero-order chi connectivity index (χ0) is 21.7. The maximum Gasteiger partial charge on any atom is 0.339 e. The number of hydrogen-bond donors (Lipinski definition) is 0. The maximum absolute atomic E-state index is 13.5. The Labute approximate surface area is 184 Å². The standard InChI is InChI=1S/C23H22N6O3/c30-22(17-3-1-2-4-19(17)29-25-9-10-26-29)27-11-6-15-7-12-28(20(15)13-27)21-18-14-32-23(31)16(18)5-8-24-21/h1-5,8-10,15,20H,6-7,11-14H2/t15-,20-/m0/s1. The molecule has 0 radical (unpaired) electrons. The van der Waals surface area contributed by atoms with Gasteiger partial charge in [-0.05, 0) is 37.0 Å². The highest BCUT2D eigenvalue weighted by atomic mass is 16.5. The van der Waals surface area contributed by atoms with Gasteiger partial charge in [0.15, 0.2) is 0 Å². The van der Waals surface area contributed by atoms with E-state index in [-0.39, 0.29) is 24.5 Å². The van der Waals surface area contributed by atoms with Crippen molar-refractivity contribution in [3.8, 4) is 5.69 Å². The Hall–Kier alpha value is -3.75. The zero-order valence-corrected chi connectivity index (χ0v) is 17.4. The Bertz CT molecular complexity index is 1190. The second kappa shape index (κ2) is 7.44. The Morgan fingerprint density at radius 3 is 2.72 bits per heavy atom. The van der Waals surface area contributed by atoms with E-state index < -0.39 is 0 Å². The van der Waals surface area contributed by atoms with Crippen LogP contribution in [0.3, 0.4) is 0 Å². The number of pyridine rings is 1. The first-order valence-corrected chi connectivity index (χ1v) is 10.9. The lowest BCUT2D eigenvalue weighted by molar-refractivity contribution is 0.0534. The fourth-order valence-electron chi connectivity index (χ4n) is 5.21. The first-order chi connectivity index (χ1) is 15.7. The molecule has 1 amide bonds. The van der Waals surface area contributed by atoms with Crippen LogP contribution in [-0.2, 0) is 11.3 Å². The molecular formula is C23H22N6O3. The molecule has 2 atom stereocenters. The summed E-state index contributed by atoms with van der Waals surface area (Å²) in [5.74, 6) is 1.01. The van der Waals surface area contributed by atoms with Gasteiger partial charge < -0.3 is 14.5 Å². The third-order valence-corrected chi connectivity index (χ3v) is 6.79. The topological polar surface area (TPSA) is 93.5 Å². The quantitative estimate of drug-likeness (QED) is 0.587. The van der Waals surface area contributed by atoms with Crippen molar-refractivity contribution in [1.82, 2.24) is 24.9 Å². The van der Waals surface area contributed by atoms with E-state index in [1.807, 2.05) is 29.2 Å². The van der Waals surface area contributed by atoms with Gasteiger partial charge in [-0.2, -0.15) is 15.0 Å². The molecule has 2 saturated heterocycles. The Kier molecular flexibility index (Phi) is 4.41. The number of nitrogens with zero attached hydrogens (tertiary/aromatic N) is 6. The van der Waals surface area contributed by atoms with Gasteiger partial charge in [0.05, 0.1) is 35.2 Å². The molecule has 5 heterocycles. The minimum absolute atomic E-state index is 0.0204. The molecule has 3 aromatic rings. The fraction of sp³-hybridized carbons (Fsp3) is 0.348. The minimum atomic E-state index is -0.288. The van der Waals surface area contributed by atoms with Crippen molar-refractivity contribution in [2.45, 2.75) is 25.5 Å². The molecule has 0 aliphatic carbocycles. The predicted octanol–water partition coefficient (Wildman–Crippen LogP) is 2.07. The molecule has 32 heavy (non-hydrogen) atoms. The number of likely N-dealkylation sites (tertiary alicyclic amines) is 1. The zero-order valence-electron chi connectivity index (χ0n) is 17.4. The van der Waals surface area contributed by atoms with Crippen LogP contribution in [0.1, 0.15) is 39.1 Å². The SMILES string of the molecule is O=C1OCc2c1ccnc2N1CC[C@@H]2CCN(C(=O)c3ccccc3-n3nccn3)C[C@@H]21. The lowest BCUT2D eigenvalue weighted by Crippen LogP contribution is -2.50. The van der Waals surface area contributed by atoms with Crippen molar-refractivity contribution < 1.29 is 14.3 Å². The normalized spacial score (nSPS) is 21.9. The first kappa shape index (κ1) is 19.0. The van der Waals surface area contributed by atoms with Gasteiger partial charge in [-0.1, -0.05) is 12.1 Å². The summed E-state index contributed by atoms with van der Waals surface area (Å²) in [7, 11) is 0. The van der Waals surface area contributed by atoms with Gasteiger partial charge in [-0.25, -0.2) is 9.78 Å². The molecule has 0 spiro atoms. The monoisotopic (exact) mass is 430 g/mol. The molecule has 9 heteroatoms. The Morgan fingerprint density at radius 2 is 1.84 bits per heavy atom. The van der Waals surface area contributed by atoms with Crippen LogP contribution in [0.15, 0.2) is 48.9 Å². The largest absolute Gasteiger partial charge is 0.457 e. The van der Waals surface area contributed by atoms with Crippen molar-refractivity contribution in [1.29, 1.82) is 0 Å². The second-order valence-electron chi connectivity index (χ2n) is 8.42. The summed E-state index contributed by atoms with van der Waals surface area (Å²) in [6.45, 7) is 2.46. The smallest absolute Gasteiger partial charge is 0.339 e. The first-order valence-electron chi connectivity index (χ1n) is 10.9. The lowest BCUT2D eigenvalue weighted by atomic mass is 9.91. The average molecular weight is 430 g/mol. The van der Waals surface area contributed by atoms with Crippen LogP contribution < -0.4 is 4.90 Å². The van der Waals surface area contributed by atoms with Gasteiger partial charge in [0, 0.05) is 31.4 Å². The molecule has 2 fully saturated rings. The highest BCUT2D eigenvalue weighted by Crippen LogP contribution is 2.38. The summed E-state index contributed by atoms with van der Waals surface area (Å²) >= 11 is 0. The van der Waals surface area contributed by atoms with Crippen LogP contribution in [0.25, 0.3) is 5.69 Å². The van der Waals surface area contributed by atoms with E-state index in [4.69, 9.17) is 4.74 Å². The van der Waals surface area contributed by atoms with Gasteiger partial charge >= 0.3 is 5.97 Å². The number of aromatic nitrogens is 4. The number of para-hydroxylation sites is 1. The Morgan fingerprint density at radius 1 is 1.03 bits per heavy atom. The number of carbonyl (C=O) groups excluding carboxylic acids is 2. The van der Waals surface area contributed by atoms with Crippen LogP contribution in [0.2, 0.25) is 0 Å². The molecule has 6 rings (SSSR count). The third kappa shape index (κ3) is 2.96. The molecule has 2 aromatic heterocycles. The lowest BCUT2D eigenvalue weighted by Gasteiger charge is -2.39. The van der Waals surface area contributed by atoms with E-state index in [0.29, 0.717) is 29.3 Å². The Balaban J connectivity index is 1.29. The van der Waals surface area contributed by atoms with Crippen molar-refractivity contribution in [2.75, 3.05) is 24.5 Å². The number of anilines is 1. The van der Waals surface area contributed by atoms with Gasteiger partial charge in [0.2, 0.25) is 0 Å². The average Bonchev–Trinajstić information content (AvgIpc) is 3.59. The third-order valence-electron chi connectivity index (χ3n) is 6.79. The number of fused-ring (bicyclic) bond motifs is 2. The number of cyclic esters (lactones) is 1. The van der Waals surface area contributed by atoms with E-state index >= 15 is 0 Å². The van der Waals surface area contributed by atoms with Crippen LogP contribution >= 0.6 is 0 Å². The van der Waals surface area contributed by atoms with Gasteiger partial charge in [0.25, 0.3) is 5.91 Å². The number of piperidine rings is 1. The van der Waals surface area contributed by atoms with E-state index in [2.05, 4.69) is 20.1 Å². The number of benzene rings is 1. The molecule has 1 aromatic carbocycles. The molecule has 0 bridgehead atoms. The van der Waals surface area contributed by atoms with E-state index in [1.165, 1.54) is 4.80 Å². The summed E-state index contributed by atoms with van der Waals surface area (Å²) in [5, 5.41) is 8.40. The van der Waals surface area contributed by atoms with Crippen molar-refractivity contribution in [3.05, 3.63) is 65.6 Å². The number of hydrogen-bond acceptors (Lipinski definition) is 7. The van der Waals surface area contributed by atoms with Gasteiger partial charge in [0.1, 0.15) is 12.4 Å². The van der Waals surface area contributed by atoms with Crippen LogP contribution in [0.4, 0.5) is 5.82 Å². The molecule has 162 valence electrons. The molecule has 3 aliphatic rings. The number of carbonyl (C=O) groups is 2. The molecule has 3 aliphatic heterocycles. The van der Waals surface area contributed by atoms with Crippen LogP contribution in [0.5, 0.6) is 0 Å². The number of amides is 1. The van der Waals surface area contributed by atoms with Crippen molar-refractivity contribution in [3.63, 3.8) is 0 Å². The fourth-order valence-corrected chi connectivity index (χ4v) is 5.21. The summed E-state index contributed by atoms with van der Waals surface area (Å²) in [6.07, 6.45) is 6.87. The molecule has 0 saturated carbocycles. The minimum Gasteiger partial charge on any atom is -0.457 e. The molecular weight excluding hydrogens is 408 g/mol. The van der Waals surface area contributed by atoms with E-state index in [9.17, 15) is 9.59 Å². The molecule has 0 N–H and O–H groups in total. The highest BCUT2D eigenvalue weighted by molar-refractivity contribution is 5.98. The highest BCUT2D eigenvalue weighted by Gasteiger charge is 2.42. The molecule has 9 nitrogen and oxygen atoms in total.